The summed E-state index contributed by atoms with van der Waals surface area (Å²) >= 11 is 11.9. The molecule has 0 spiro atoms. The molecule has 1 atom stereocenters. The minimum Gasteiger partial charge on any atom is -0.507 e. The Bertz CT molecular complexity index is 1710. The van der Waals surface area contributed by atoms with E-state index in [9.17, 15) is 19.8 Å². The highest BCUT2D eigenvalue weighted by Crippen LogP contribution is 2.47. The van der Waals surface area contributed by atoms with Gasteiger partial charge in [-0.3, -0.25) is 14.5 Å². The van der Waals surface area contributed by atoms with E-state index in [1.54, 1.807) is 12.1 Å². The van der Waals surface area contributed by atoms with Crippen molar-refractivity contribution in [1.29, 1.82) is 0 Å². The third-order valence-electron chi connectivity index (χ3n) is 6.56. The summed E-state index contributed by atoms with van der Waals surface area (Å²) in [4.78, 5) is 28.4. The molecule has 0 radical (unpaired) electrons. The number of aliphatic hydroxyl groups is 1. The summed E-state index contributed by atoms with van der Waals surface area (Å²) in [5, 5.41) is 31.3. The molecular weight excluding hydrogens is 650 g/mol. The zero-order valence-electron chi connectivity index (χ0n) is 22.0. The van der Waals surface area contributed by atoms with Crippen LogP contribution in [0.4, 0.5) is 5.13 Å². The number of halogens is 2. The van der Waals surface area contributed by atoms with Crippen molar-refractivity contribution in [2.45, 2.75) is 30.0 Å². The zero-order valence-corrected chi connectivity index (χ0v) is 26.0. The summed E-state index contributed by atoms with van der Waals surface area (Å²) in [6.07, 6.45) is 0. The Morgan fingerprint density at radius 1 is 1.12 bits per heavy atom. The number of nitrogens with zero attached hydrogens (tertiary/aromatic N) is 3. The first-order valence-corrected chi connectivity index (χ1v) is 15.2. The Morgan fingerprint density at radius 3 is 2.56 bits per heavy atom. The molecule has 5 rings (SSSR count). The fraction of sp³-hybridized carbons (Fsp3) is 0.172. The van der Waals surface area contributed by atoms with Gasteiger partial charge in [0.25, 0.3) is 5.78 Å². The Kier molecular flexibility index (Phi) is 8.42. The summed E-state index contributed by atoms with van der Waals surface area (Å²) in [6.45, 7) is 3.69. The summed E-state index contributed by atoms with van der Waals surface area (Å²) in [5.74, 6) is -1.43. The van der Waals surface area contributed by atoms with Crippen LogP contribution in [0.3, 0.4) is 0 Å². The standard InChI is InChI=1S/C29H23BrClN3O5S2/c1-14-4-5-15(2)19(10-14)24(35)22-23(17-11-20(30)25(36)21(12-17)39-3)34(27(38)26(22)37)28-32-33-29(41-28)40-13-16-6-8-18(31)9-7-16/h4-12,23,35-36H,13H2,1-3H3. The molecule has 1 saturated heterocycles. The van der Waals surface area contributed by atoms with Crippen LogP contribution in [0.1, 0.15) is 33.9 Å². The molecule has 8 nitrogen and oxygen atoms in total. The minimum atomic E-state index is -1.07. The number of hydrogen-bond acceptors (Lipinski definition) is 9. The molecule has 210 valence electrons. The largest absolute Gasteiger partial charge is 0.507 e. The third kappa shape index (κ3) is 5.72. The number of hydrogen-bond donors (Lipinski definition) is 2. The molecular formula is C29H23BrClN3O5S2. The lowest BCUT2D eigenvalue weighted by atomic mass is 9.93. The molecule has 1 aliphatic rings. The molecule has 1 aromatic heterocycles. The molecule has 1 fully saturated rings. The maximum Gasteiger partial charge on any atom is 0.301 e. The molecule has 12 heteroatoms. The molecule has 0 saturated carbocycles. The van der Waals surface area contributed by atoms with Gasteiger partial charge in [-0.25, -0.2) is 0 Å². The summed E-state index contributed by atoms with van der Waals surface area (Å²) in [7, 11) is 1.40. The normalized spacial score (nSPS) is 16.4. The number of phenols is 1. The van der Waals surface area contributed by atoms with Crippen LogP contribution in [0.5, 0.6) is 11.5 Å². The average molecular weight is 673 g/mol. The van der Waals surface area contributed by atoms with E-state index < -0.39 is 17.7 Å². The van der Waals surface area contributed by atoms with E-state index in [-0.39, 0.29) is 28.0 Å². The molecule has 2 N–H and O–H groups in total. The monoisotopic (exact) mass is 671 g/mol. The van der Waals surface area contributed by atoms with E-state index in [4.69, 9.17) is 16.3 Å². The lowest BCUT2D eigenvalue weighted by molar-refractivity contribution is -0.132. The number of aromatic nitrogens is 2. The fourth-order valence-corrected chi connectivity index (χ4v) is 6.88. The second kappa shape index (κ2) is 11.8. The number of aliphatic hydroxyl groups excluding tert-OH is 1. The van der Waals surface area contributed by atoms with Gasteiger partial charge in [-0.1, -0.05) is 64.5 Å². The van der Waals surface area contributed by atoms with Gasteiger partial charge in [0.15, 0.2) is 15.8 Å². The van der Waals surface area contributed by atoms with Crippen molar-refractivity contribution in [2.24, 2.45) is 0 Å². The SMILES string of the molecule is COc1cc(C2C(=C(O)c3cc(C)ccc3C)C(=O)C(=O)N2c2nnc(SCc3ccc(Cl)cc3)s2)cc(Br)c1O. The first kappa shape index (κ1) is 29.1. The van der Waals surface area contributed by atoms with Gasteiger partial charge in [-0.05, 0) is 76.8 Å². The number of thioether (sulfide) groups is 1. The quantitative estimate of drug-likeness (QED) is 0.0697. The van der Waals surface area contributed by atoms with Gasteiger partial charge in [0.2, 0.25) is 5.13 Å². The predicted octanol–water partition coefficient (Wildman–Crippen LogP) is 7.20. The Morgan fingerprint density at radius 2 is 1.85 bits per heavy atom. The van der Waals surface area contributed by atoms with Crippen LogP contribution >= 0.6 is 50.6 Å². The Balaban J connectivity index is 1.62. The number of carbonyl (C=O) groups is 2. The molecule has 1 amide bonds. The number of aromatic hydroxyl groups is 1. The van der Waals surface area contributed by atoms with E-state index in [2.05, 4.69) is 26.1 Å². The predicted molar refractivity (Wildman–Crippen MR) is 164 cm³/mol. The van der Waals surface area contributed by atoms with Crippen molar-refractivity contribution in [3.63, 3.8) is 0 Å². The van der Waals surface area contributed by atoms with Gasteiger partial charge in [-0.15, -0.1) is 10.2 Å². The second-order valence-electron chi connectivity index (χ2n) is 9.31. The van der Waals surface area contributed by atoms with E-state index in [1.165, 1.54) is 29.8 Å². The number of rotatable bonds is 7. The topological polar surface area (TPSA) is 113 Å². The molecule has 1 aliphatic heterocycles. The van der Waals surface area contributed by atoms with Gasteiger partial charge in [-0.2, -0.15) is 0 Å². The number of amides is 1. The van der Waals surface area contributed by atoms with Crippen molar-refractivity contribution in [2.75, 3.05) is 12.0 Å². The minimum absolute atomic E-state index is 0.103. The van der Waals surface area contributed by atoms with Gasteiger partial charge in [0, 0.05) is 16.3 Å². The molecule has 0 aliphatic carbocycles. The number of phenolic OH excluding ortho intramolecular Hbond substituents is 1. The maximum absolute atomic E-state index is 13.6. The molecule has 3 aromatic carbocycles. The van der Waals surface area contributed by atoms with Crippen LogP contribution in [0.25, 0.3) is 5.76 Å². The van der Waals surface area contributed by atoms with Crippen molar-refractivity contribution >= 4 is 73.2 Å². The van der Waals surface area contributed by atoms with E-state index in [1.807, 2.05) is 50.2 Å². The van der Waals surface area contributed by atoms with E-state index in [0.717, 1.165) is 28.0 Å². The van der Waals surface area contributed by atoms with E-state index >= 15 is 0 Å². The van der Waals surface area contributed by atoms with Crippen molar-refractivity contribution in [1.82, 2.24) is 10.2 Å². The number of methoxy groups -OCH3 is 1. The number of ether oxygens (including phenoxy) is 1. The van der Waals surface area contributed by atoms with Crippen LogP contribution in [0, 0.1) is 13.8 Å². The Labute approximate surface area is 257 Å². The highest BCUT2D eigenvalue weighted by molar-refractivity contribution is 9.10. The summed E-state index contributed by atoms with van der Waals surface area (Å²) in [6, 6.07) is 15.0. The molecule has 41 heavy (non-hydrogen) atoms. The van der Waals surface area contributed by atoms with Gasteiger partial charge in [0.1, 0.15) is 5.76 Å². The smallest absolute Gasteiger partial charge is 0.301 e. The van der Waals surface area contributed by atoms with Crippen LogP contribution in [-0.2, 0) is 15.3 Å². The van der Waals surface area contributed by atoms with Crippen molar-refractivity contribution < 1.29 is 24.5 Å². The number of aryl methyl sites for hydroxylation is 2. The first-order chi connectivity index (χ1) is 19.6. The van der Waals surface area contributed by atoms with Gasteiger partial charge in [0.05, 0.1) is 23.2 Å². The molecule has 0 bridgehead atoms. The number of anilines is 1. The van der Waals surface area contributed by atoms with Crippen LogP contribution < -0.4 is 9.64 Å². The highest BCUT2D eigenvalue weighted by Gasteiger charge is 2.49. The van der Waals surface area contributed by atoms with Crippen LogP contribution in [0.15, 0.2) is 69.0 Å². The van der Waals surface area contributed by atoms with Crippen molar-refractivity contribution in [3.8, 4) is 11.5 Å². The lowest BCUT2D eigenvalue weighted by Gasteiger charge is -2.23. The average Bonchev–Trinajstić information content (AvgIpc) is 3.52. The van der Waals surface area contributed by atoms with Crippen LogP contribution in [0.2, 0.25) is 5.02 Å². The van der Waals surface area contributed by atoms with Gasteiger partial charge < -0.3 is 14.9 Å². The maximum atomic E-state index is 13.6. The summed E-state index contributed by atoms with van der Waals surface area (Å²) < 4.78 is 6.22. The highest BCUT2D eigenvalue weighted by atomic mass is 79.9. The fourth-order valence-electron chi connectivity index (χ4n) is 4.47. The van der Waals surface area contributed by atoms with Crippen LogP contribution in [-0.4, -0.2) is 39.2 Å². The molecule has 2 heterocycles. The second-order valence-corrected chi connectivity index (χ2v) is 12.8. The number of Topliss-reactive ketones (excluding diaryl/α,β-unsaturated/α-hetero) is 1. The number of carbonyl (C=O) groups excluding carboxylic acids is 2. The van der Waals surface area contributed by atoms with Gasteiger partial charge >= 0.3 is 5.91 Å². The molecule has 1 unspecified atom stereocenters. The lowest BCUT2D eigenvalue weighted by Crippen LogP contribution is -2.29. The number of benzene rings is 3. The first-order valence-electron chi connectivity index (χ1n) is 12.2. The molecule has 4 aromatic rings. The zero-order chi connectivity index (χ0) is 29.4. The van der Waals surface area contributed by atoms with Crippen molar-refractivity contribution in [3.05, 3.63) is 97.5 Å². The number of ketones is 1. The third-order valence-corrected chi connectivity index (χ3v) is 9.54. The summed E-state index contributed by atoms with van der Waals surface area (Å²) in [5.41, 5.74) is 3.40. The van der Waals surface area contributed by atoms with E-state index in [0.29, 0.717) is 30.7 Å². The Hall–Kier alpha value is -3.38.